The van der Waals surface area contributed by atoms with Crippen LogP contribution in [0.15, 0.2) is 12.1 Å². The van der Waals surface area contributed by atoms with Gasteiger partial charge in [-0.05, 0) is 74.2 Å². The molecule has 2 fully saturated rings. The van der Waals surface area contributed by atoms with Gasteiger partial charge in [-0.1, -0.05) is 12.5 Å². The lowest BCUT2D eigenvalue weighted by molar-refractivity contribution is 0.409. The van der Waals surface area contributed by atoms with Gasteiger partial charge >= 0.3 is 0 Å². The van der Waals surface area contributed by atoms with Crippen molar-refractivity contribution in [2.45, 2.75) is 39.2 Å². The Bertz CT molecular complexity index is 472. The first-order chi connectivity index (χ1) is 9.17. The second-order valence-corrected chi connectivity index (χ2v) is 6.28. The summed E-state index contributed by atoms with van der Waals surface area (Å²) in [5.74, 6) is 3.84. The van der Waals surface area contributed by atoms with Gasteiger partial charge < -0.3 is 10.1 Å². The Hall–Kier alpha value is -1.02. The van der Waals surface area contributed by atoms with E-state index in [1.54, 1.807) is 7.11 Å². The summed E-state index contributed by atoms with van der Waals surface area (Å²) in [6.45, 7) is 4.35. The molecular weight excluding hydrogens is 234 g/mol. The van der Waals surface area contributed by atoms with E-state index in [1.807, 2.05) is 0 Å². The van der Waals surface area contributed by atoms with E-state index in [-0.39, 0.29) is 0 Å². The van der Waals surface area contributed by atoms with E-state index in [4.69, 9.17) is 4.74 Å². The Balaban J connectivity index is 1.89. The number of ether oxygens (including phenoxy) is 1. The molecule has 0 spiro atoms. The number of fused-ring (bicyclic) bond motifs is 1. The third kappa shape index (κ3) is 2.06. The first-order valence-corrected chi connectivity index (χ1v) is 7.49. The van der Waals surface area contributed by atoms with Gasteiger partial charge in [-0.15, -0.1) is 0 Å². The zero-order valence-electron chi connectivity index (χ0n) is 12.5. The molecule has 1 aromatic carbocycles. The van der Waals surface area contributed by atoms with Crippen molar-refractivity contribution in [3.8, 4) is 5.75 Å². The van der Waals surface area contributed by atoms with Crippen molar-refractivity contribution >= 4 is 0 Å². The summed E-state index contributed by atoms with van der Waals surface area (Å²) in [4.78, 5) is 0. The molecule has 0 aromatic heterocycles. The number of nitrogens with one attached hydrogen (secondary N) is 1. The number of hydrogen-bond acceptors (Lipinski definition) is 2. The molecule has 3 rings (SSSR count). The fraction of sp³-hybridized carbons (Fsp3) is 0.647. The maximum atomic E-state index is 5.42. The number of methoxy groups -OCH3 is 1. The summed E-state index contributed by atoms with van der Waals surface area (Å²) in [6, 6.07) is 5.04. The Morgan fingerprint density at radius 2 is 1.84 bits per heavy atom. The number of hydrogen-bond donors (Lipinski definition) is 1. The molecule has 2 aliphatic rings. The largest absolute Gasteiger partial charge is 0.496 e. The van der Waals surface area contributed by atoms with E-state index in [2.05, 4.69) is 38.3 Å². The van der Waals surface area contributed by atoms with Gasteiger partial charge in [0.25, 0.3) is 0 Å². The fourth-order valence-electron chi connectivity index (χ4n) is 4.29. The van der Waals surface area contributed by atoms with Gasteiger partial charge in [-0.2, -0.15) is 0 Å². The lowest BCUT2D eigenvalue weighted by Crippen LogP contribution is -2.21. The molecule has 3 atom stereocenters. The number of aryl methyl sites for hydroxylation is 2. The second-order valence-electron chi connectivity index (χ2n) is 6.28. The first-order valence-electron chi connectivity index (χ1n) is 7.49. The van der Waals surface area contributed by atoms with Crippen LogP contribution in [0.4, 0.5) is 0 Å². The lowest BCUT2D eigenvalue weighted by atomic mass is 9.92. The predicted octanol–water partition coefficient (Wildman–Crippen LogP) is 3.62. The van der Waals surface area contributed by atoms with Gasteiger partial charge in [-0.25, -0.2) is 0 Å². The molecule has 0 amide bonds. The molecule has 2 aliphatic carbocycles. The summed E-state index contributed by atoms with van der Waals surface area (Å²) >= 11 is 0. The predicted molar refractivity (Wildman–Crippen MR) is 78.6 cm³/mol. The van der Waals surface area contributed by atoms with Gasteiger partial charge in [0.2, 0.25) is 0 Å². The quantitative estimate of drug-likeness (QED) is 0.891. The molecule has 1 N–H and O–H groups in total. The van der Waals surface area contributed by atoms with Crippen molar-refractivity contribution in [1.82, 2.24) is 5.32 Å². The summed E-state index contributed by atoms with van der Waals surface area (Å²) < 4.78 is 5.42. The van der Waals surface area contributed by atoms with E-state index < -0.39 is 0 Å². The van der Waals surface area contributed by atoms with E-state index in [0.717, 1.165) is 23.5 Å². The van der Waals surface area contributed by atoms with Crippen molar-refractivity contribution < 1.29 is 4.74 Å². The van der Waals surface area contributed by atoms with Crippen molar-refractivity contribution in [1.29, 1.82) is 0 Å². The van der Waals surface area contributed by atoms with Gasteiger partial charge in [0.05, 0.1) is 7.11 Å². The van der Waals surface area contributed by atoms with Crippen LogP contribution in [0.25, 0.3) is 0 Å². The van der Waals surface area contributed by atoms with Crippen LogP contribution >= 0.6 is 0 Å². The highest BCUT2D eigenvalue weighted by Crippen LogP contribution is 2.62. The fourth-order valence-corrected chi connectivity index (χ4v) is 4.29. The summed E-state index contributed by atoms with van der Waals surface area (Å²) in [5.41, 5.74) is 4.07. The minimum atomic E-state index is 0.528. The normalized spacial score (nSPS) is 30.0. The van der Waals surface area contributed by atoms with Crippen LogP contribution in [0, 0.1) is 31.6 Å². The summed E-state index contributed by atoms with van der Waals surface area (Å²) in [6.07, 6.45) is 4.34. The van der Waals surface area contributed by atoms with Crippen LogP contribution in [0.2, 0.25) is 0 Å². The summed E-state index contributed by atoms with van der Waals surface area (Å²) in [7, 11) is 3.86. The maximum absolute atomic E-state index is 5.42. The monoisotopic (exact) mass is 259 g/mol. The molecule has 0 radical (unpaired) electrons. The smallest absolute Gasteiger partial charge is 0.122 e. The Labute approximate surface area is 116 Å². The van der Waals surface area contributed by atoms with Crippen LogP contribution in [-0.2, 0) is 0 Å². The molecule has 0 saturated heterocycles. The van der Waals surface area contributed by atoms with Crippen LogP contribution in [-0.4, -0.2) is 14.2 Å². The molecule has 19 heavy (non-hydrogen) atoms. The molecule has 2 nitrogen and oxygen atoms in total. The number of rotatable bonds is 4. The summed E-state index contributed by atoms with van der Waals surface area (Å²) in [5, 5.41) is 3.57. The van der Waals surface area contributed by atoms with Crippen molar-refractivity contribution in [2.24, 2.45) is 17.8 Å². The van der Waals surface area contributed by atoms with Gasteiger partial charge in [0.15, 0.2) is 0 Å². The van der Waals surface area contributed by atoms with Crippen LogP contribution in [0.5, 0.6) is 5.75 Å². The third-order valence-corrected chi connectivity index (χ3v) is 5.29. The third-order valence-electron chi connectivity index (χ3n) is 5.29. The molecule has 2 saturated carbocycles. The minimum absolute atomic E-state index is 0.528. The molecule has 1 aromatic rings. The van der Waals surface area contributed by atoms with E-state index in [0.29, 0.717) is 6.04 Å². The Morgan fingerprint density at radius 1 is 1.16 bits per heavy atom. The minimum Gasteiger partial charge on any atom is -0.496 e. The molecule has 0 aliphatic heterocycles. The topological polar surface area (TPSA) is 21.3 Å². The van der Waals surface area contributed by atoms with Crippen LogP contribution < -0.4 is 10.1 Å². The highest BCUT2D eigenvalue weighted by Gasteiger charge is 2.55. The van der Waals surface area contributed by atoms with E-state index in [9.17, 15) is 0 Å². The van der Waals surface area contributed by atoms with Crippen LogP contribution in [0.1, 0.15) is 42.0 Å². The molecule has 104 valence electrons. The standard InChI is InChI=1S/C17H25NO/c1-10-9-15(19-4)11(2)8-14(10)17(18-3)16-12-6-5-7-13(12)16/h8-9,12-13,16-18H,5-7H2,1-4H3. The maximum Gasteiger partial charge on any atom is 0.122 e. The molecule has 0 bridgehead atoms. The van der Waals surface area contributed by atoms with Crippen molar-refractivity contribution in [2.75, 3.05) is 14.2 Å². The van der Waals surface area contributed by atoms with Crippen molar-refractivity contribution in [3.05, 3.63) is 28.8 Å². The Morgan fingerprint density at radius 3 is 2.42 bits per heavy atom. The van der Waals surface area contributed by atoms with Crippen molar-refractivity contribution in [3.63, 3.8) is 0 Å². The van der Waals surface area contributed by atoms with Gasteiger partial charge in [-0.3, -0.25) is 0 Å². The average molecular weight is 259 g/mol. The second kappa shape index (κ2) is 4.82. The zero-order valence-corrected chi connectivity index (χ0v) is 12.5. The van der Waals surface area contributed by atoms with Gasteiger partial charge in [0, 0.05) is 6.04 Å². The zero-order chi connectivity index (χ0) is 13.6. The molecule has 3 unspecified atom stereocenters. The SMILES string of the molecule is CNC(c1cc(C)c(OC)cc1C)C1C2CCCC21. The lowest BCUT2D eigenvalue weighted by Gasteiger charge is -2.22. The first kappa shape index (κ1) is 13.0. The molecule has 2 heteroatoms. The molecule has 0 heterocycles. The Kier molecular flexibility index (Phi) is 3.30. The van der Waals surface area contributed by atoms with Crippen LogP contribution in [0.3, 0.4) is 0 Å². The van der Waals surface area contributed by atoms with E-state index in [1.165, 1.54) is 36.0 Å². The van der Waals surface area contributed by atoms with E-state index >= 15 is 0 Å². The highest BCUT2D eigenvalue weighted by atomic mass is 16.5. The number of benzene rings is 1. The average Bonchev–Trinajstić information content (AvgIpc) is 2.86. The molecular formula is C17H25NO. The van der Waals surface area contributed by atoms with Gasteiger partial charge in [0.1, 0.15) is 5.75 Å². The highest BCUT2D eigenvalue weighted by molar-refractivity contribution is 5.43.